The zero-order valence-corrected chi connectivity index (χ0v) is 14.9. The van der Waals surface area contributed by atoms with Crippen molar-refractivity contribution in [3.05, 3.63) is 82.9 Å². The summed E-state index contributed by atoms with van der Waals surface area (Å²) in [4.78, 5) is 0. The Balaban J connectivity index is 1.80. The van der Waals surface area contributed by atoms with Gasteiger partial charge in [-0.3, -0.25) is 0 Å². The van der Waals surface area contributed by atoms with Crippen molar-refractivity contribution in [2.75, 3.05) is 0 Å². The lowest BCUT2D eigenvalue weighted by Crippen LogP contribution is -2.18. The van der Waals surface area contributed by atoms with Crippen LogP contribution < -0.4 is 0 Å². The predicted molar refractivity (Wildman–Crippen MR) is 103 cm³/mol. The molecule has 0 saturated carbocycles. The van der Waals surface area contributed by atoms with Gasteiger partial charge in [-0.25, -0.2) is 0 Å². The van der Waals surface area contributed by atoms with Gasteiger partial charge in [-0.1, -0.05) is 102 Å². The minimum atomic E-state index is -0.251. The maximum absolute atomic E-state index is 2.45. The van der Waals surface area contributed by atoms with E-state index in [1.165, 1.54) is 22.3 Å². The van der Waals surface area contributed by atoms with Crippen molar-refractivity contribution >= 4 is 20.1 Å². The summed E-state index contributed by atoms with van der Waals surface area (Å²) in [6, 6.07) is 17.8. The van der Waals surface area contributed by atoms with Gasteiger partial charge >= 0.3 is 0 Å². The summed E-state index contributed by atoms with van der Waals surface area (Å²) in [5, 5.41) is 0.300. The number of fused-ring (bicyclic) bond motifs is 2. The topological polar surface area (TPSA) is 0 Å². The average molecular weight is 318 g/mol. The third kappa shape index (κ3) is 2.50. The molecule has 0 aromatic heterocycles. The summed E-state index contributed by atoms with van der Waals surface area (Å²) in [7, 11) is -0.251. The Morgan fingerprint density at radius 1 is 0.696 bits per heavy atom. The Bertz CT molecular complexity index is 730. The van der Waals surface area contributed by atoms with E-state index in [2.05, 4.69) is 93.6 Å². The van der Waals surface area contributed by atoms with Crippen molar-refractivity contribution in [3.63, 3.8) is 0 Å². The molecular weight excluding hydrogens is 295 g/mol. The van der Waals surface area contributed by atoms with E-state index in [0.29, 0.717) is 16.5 Å². The van der Waals surface area contributed by atoms with Gasteiger partial charge in [-0.05, 0) is 27.4 Å². The molecule has 23 heavy (non-hydrogen) atoms. The summed E-state index contributed by atoms with van der Waals surface area (Å²) >= 11 is 0. The van der Waals surface area contributed by atoms with Crippen LogP contribution in [0.1, 0.15) is 54.3 Å². The molecule has 0 radical (unpaired) electrons. The predicted octanol–water partition coefficient (Wildman–Crippen LogP) is 6.80. The van der Waals surface area contributed by atoms with E-state index < -0.39 is 0 Å². The lowest BCUT2D eigenvalue weighted by atomic mass is 10.1. The molecule has 2 unspecified atom stereocenters. The summed E-state index contributed by atoms with van der Waals surface area (Å²) in [5.41, 5.74) is 6.97. The van der Waals surface area contributed by atoms with E-state index in [9.17, 15) is 0 Å². The van der Waals surface area contributed by atoms with Gasteiger partial charge in [0.05, 0.1) is 0 Å². The molecule has 116 valence electrons. The van der Waals surface area contributed by atoms with Crippen molar-refractivity contribution in [1.29, 1.82) is 0 Å². The van der Waals surface area contributed by atoms with E-state index in [4.69, 9.17) is 0 Å². The van der Waals surface area contributed by atoms with Crippen molar-refractivity contribution in [3.8, 4) is 0 Å². The van der Waals surface area contributed by atoms with Crippen LogP contribution >= 0.6 is 7.92 Å². The second-order valence-corrected chi connectivity index (χ2v) is 10.7. The van der Waals surface area contributed by atoms with Gasteiger partial charge in [-0.2, -0.15) is 0 Å². The molecule has 2 aliphatic rings. The zero-order chi connectivity index (χ0) is 16.0. The fraction of sp³-hybridized carbons (Fsp3) is 0.273. The highest BCUT2D eigenvalue weighted by molar-refractivity contribution is 7.60. The van der Waals surface area contributed by atoms with E-state index in [1.54, 1.807) is 0 Å². The second kappa shape index (κ2) is 5.46. The lowest BCUT2D eigenvalue weighted by Gasteiger charge is -2.40. The average Bonchev–Trinajstić information content (AvgIpc) is 3.12. The number of benzene rings is 2. The SMILES string of the molecule is CC(C)(C)P(C1C=Cc2ccccc21)C1C=Cc2ccccc21. The molecule has 0 aliphatic heterocycles. The van der Waals surface area contributed by atoms with Gasteiger partial charge in [0.2, 0.25) is 0 Å². The smallest absolute Gasteiger partial charge is 0.0243 e. The Kier molecular flexibility index (Phi) is 3.54. The molecule has 2 aromatic rings. The van der Waals surface area contributed by atoms with E-state index >= 15 is 0 Å². The van der Waals surface area contributed by atoms with Gasteiger partial charge in [0, 0.05) is 11.3 Å². The number of allylic oxidation sites excluding steroid dienone is 2. The van der Waals surface area contributed by atoms with Crippen LogP contribution in [0.25, 0.3) is 12.2 Å². The maximum atomic E-state index is 2.45. The van der Waals surface area contributed by atoms with Crippen LogP contribution in [0, 0.1) is 0 Å². The monoisotopic (exact) mass is 318 g/mol. The molecular formula is C22H23P. The van der Waals surface area contributed by atoms with Crippen LogP contribution in [0.4, 0.5) is 0 Å². The molecule has 0 saturated heterocycles. The molecule has 0 amide bonds. The third-order valence-electron chi connectivity index (χ3n) is 4.92. The molecule has 0 fully saturated rings. The van der Waals surface area contributed by atoms with Crippen LogP contribution in [0.15, 0.2) is 60.7 Å². The van der Waals surface area contributed by atoms with Crippen LogP contribution in [0.5, 0.6) is 0 Å². The number of rotatable bonds is 2. The van der Waals surface area contributed by atoms with Gasteiger partial charge in [0.25, 0.3) is 0 Å². The van der Waals surface area contributed by atoms with Crippen molar-refractivity contribution < 1.29 is 0 Å². The van der Waals surface area contributed by atoms with E-state index in [0.717, 1.165) is 0 Å². The fourth-order valence-electron chi connectivity index (χ4n) is 3.95. The molecule has 2 aromatic carbocycles. The normalized spacial score (nSPS) is 22.9. The molecule has 0 heterocycles. The van der Waals surface area contributed by atoms with Crippen LogP contribution in [0.3, 0.4) is 0 Å². The van der Waals surface area contributed by atoms with Gasteiger partial charge < -0.3 is 0 Å². The van der Waals surface area contributed by atoms with E-state index in [-0.39, 0.29) is 7.92 Å². The third-order valence-corrected chi connectivity index (χ3v) is 8.57. The quantitative estimate of drug-likeness (QED) is 0.534. The standard InChI is InChI=1S/C22H23P/c1-22(2,3)23(20-14-12-16-8-4-6-10-18(16)20)21-15-13-17-9-5-7-11-19(17)21/h4-15,20-21H,1-3H3. The van der Waals surface area contributed by atoms with Crippen LogP contribution in [-0.2, 0) is 0 Å². The zero-order valence-electron chi connectivity index (χ0n) is 14.0. The minimum absolute atomic E-state index is 0.251. The van der Waals surface area contributed by atoms with Crippen LogP contribution in [0.2, 0.25) is 0 Å². The van der Waals surface area contributed by atoms with Crippen molar-refractivity contribution in [1.82, 2.24) is 0 Å². The Hall–Kier alpha value is -1.65. The molecule has 0 bridgehead atoms. The van der Waals surface area contributed by atoms with Gasteiger partial charge in [-0.15, -0.1) is 0 Å². The Morgan fingerprint density at radius 3 is 1.57 bits per heavy atom. The first-order valence-electron chi connectivity index (χ1n) is 8.38. The molecule has 0 nitrogen and oxygen atoms in total. The number of hydrogen-bond donors (Lipinski definition) is 0. The maximum Gasteiger partial charge on any atom is 0.0243 e. The Morgan fingerprint density at radius 2 is 1.13 bits per heavy atom. The molecule has 1 heteroatoms. The second-order valence-electron chi connectivity index (χ2n) is 7.44. The van der Waals surface area contributed by atoms with E-state index in [1.807, 2.05) is 0 Å². The number of hydrogen-bond acceptors (Lipinski definition) is 0. The largest absolute Gasteiger partial charge is 0.0778 e. The summed E-state index contributed by atoms with van der Waals surface area (Å²) in [6.45, 7) is 7.26. The minimum Gasteiger partial charge on any atom is -0.0778 e. The first kappa shape index (κ1) is 14.9. The molecule has 0 N–H and O–H groups in total. The molecule has 2 aliphatic carbocycles. The molecule has 0 spiro atoms. The molecule has 2 atom stereocenters. The summed E-state index contributed by atoms with van der Waals surface area (Å²) < 4.78 is 0. The van der Waals surface area contributed by atoms with Gasteiger partial charge in [0.15, 0.2) is 0 Å². The summed E-state index contributed by atoms with van der Waals surface area (Å²) in [6.07, 6.45) is 9.56. The van der Waals surface area contributed by atoms with Crippen molar-refractivity contribution in [2.45, 2.75) is 37.2 Å². The highest BCUT2D eigenvalue weighted by Gasteiger charge is 2.40. The Labute approximate surface area is 140 Å². The van der Waals surface area contributed by atoms with Gasteiger partial charge in [0.1, 0.15) is 0 Å². The highest BCUT2D eigenvalue weighted by Crippen LogP contribution is 2.72. The van der Waals surface area contributed by atoms with Crippen molar-refractivity contribution in [2.24, 2.45) is 0 Å². The van der Waals surface area contributed by atoms with Crippen LogP contribution in [-0.4, -0.2) is 5.16 Å². The summed E-state index contributed by atoms with van der Waals surface area (Å²) in [5.74, 6) is 0. The first-order valence-corrected chi connectivity index (χ1v) is 9.86. The fourth-order valence-corrected chi connectivity index (χ4v) is 7.58. The lowest BCUT2D eigenvalue weighted by molar-refractivity contribution is 0.765. The molecule has 4 rings (SSSR count). The first-order chi connectivity index (χ1) is 11.1. The highest BCUT2D eigenvalue weighted by atomic mass is 31.1.